The summed E-state index contributed by atoms with van der Waals surface area (Å²) < 4.78 is 0. The number of nitrogens with zero attached hydrogens (tertiary/aromatic N) is 3. The number of carbonyl (C=O) groups is 2. The number of hydrogen-bond donors (Lipinski definition) is 1. The molecule has 2 saturated carbocycles. The minimum atomic E-state index is -0.0955. The van der Waals surface area contributed by atoms with Crippen LogP contribution >= 0.6 is 0 Å². The second kappa shape index (κ2) is 8.58. The number of amides is 2. The van der Waals surface area contributed by atoms with Gasteiger partial charge in [0.15, 0.2) is 0 Å². The molecule has 1 aliphatic heterocycles. The molecule has 28 heavy (non-hydrogen) atoms. The van der Waals surface area contributed by atoms with Crippen LogP contribution in [-0.2, 0) is 4.79 Å². The van der Waals surface area contributed by atoms with Crippen LogP contribution in [0.2, 0.25) is 0 Å². The van der Waals surface area contributed by atoms with Crippen molar-refractivity contribution in [2.24, 2.45) is 5.92 Å². The van der Waals surface area contributed by atoms with Gasteiger partial charge in [-0.15, -0.1) is 0 Å². The Morgan fingerprint density at radius 3 is 2.46 bits per heavy atom. The Morgan fingerprint density at radius 2 is 1.71 bits per heavy atom. The van der Waals surface area contributed by atoms with Crippen LogP contribution in [0.1, 0.15) is 98.5 Å². The Bertz CT molecular complexity index is 723. The zero-order valence-corrected chi connectivity index (χ0v) is 17.0. The molecule has 2 aliphatic carbocycles. The zero-order valence-electron chi connectivity index (χ0n) is 17.0. The van der Waals surface area contributed by atoms with E-state index in [1.165, 1.54) is 19.3 Å². The second-order valence-electron chi connectivity index (χ2n) is 8.70. The predicted octanol–water partition coefficient (Wildman–Crippen LogP) is 3.70. The lowest BCUT2D eigenvalue weighted by molar-refractivity contribution is -0.136. The quantitative estimate of drug-likeness (QED) is 0.859. The van der Waals surface area contributed by atoms with E-state index in [0.717, 1.165) is 63.6 Å². The third-order valence-electron chi connectivity index (χ3n) is 6.68. The van der Waals surface area contributed by atoms with E-state index in [0.29, 0.717) is 11.4 Å². The maximum atomic E-state index is 13.1. The lowest BCUT2D eigenvalue weighted by atomic mass is 9.95. The Balaban J connectivity index is 1.56. The van der Waals surface area contributed by atoms with Gasteiger partial charge in [-0.1, -0.05) is 32.1 Å². The van der Waals surface area contributed by atoms with Gasteiger partial charge in [0.25, 0.3) is 5.91 Å². The molecule has 1 N–H and O–H groups in total. The van der Waals surface area contributed by atoms with Crippen molar-refractivity contribution in [3.8, 4) is 0 Å². The predicted molar refractivity (Wildman–Crippen MR) is 107 cm³/mol. The minimum absolute atomic E-state index is 0.0814. The molecule has 152 valence electrons. The van der Waals surface area contributed by atoms with Crippen LogP contribution in [0.3, 0.4) is 0 Å². The van der Waals surface area contributed by atoms with Gasteiger partial charge in [-0.05, 0) is 45.4 Å². The fourth-order valence-corrected chi connectivity index (χ4v) is 5.15. The summed E-state index contributed by atoms with van der Waals surface area (Å²) in [5, 5.41) is 3.20. The molecular formula is C22H32N4O2. The zero-order chi connectivity index (χ0) is 19.5. The van der Waals surface area contributed by atoms with Crippen LogP contribution in [0, 0.1) is 12.8 Å². The van der Waals surface area contributed by atoms with Crippen LogP contribution in [0.15, 0.2) is 6.20 Å². The van der Waals surface area contributed by atoms with Gasteiger partial charge in [0.05, 0.1) is 17.3 Å². The first-order valence-corrected chi connectivity index (χ1v) is 11.1. The van der Waals surface area contributed by atoms with E-state index in [1.807, 2.05) is 11.8 Å². The first-order chi connectivity index (χ1) is 13.6. The van der Waals surface area contributed by atoms with E-state index in [1.54, 1.807) is 6.20 Å². The van der Waals surface area contributed by atoms with Gasteiger partial charge in [0.1, 0.15) is 5.82 Å². The maximum Gasteiger partial charge on any atom is 0.255 e. The summed E-state index contributed by atoms with van der Waals surface area (Å²) in [6, 6.07) is 0.150. The average molecular weight is 385 g/mol. The van der Waals surface area contributed by atoms with Gasteiger partial charge in [0.2, 0.25) is 5.91 Å². The van der Waals surface area contributed by atoms with Crippen LogP contribution in [0.25, 0.3) is 0 Å². The van der Waals surface area contributed by atoms with E-state index in [2.05, 4.69) is 15.3 Å². The molecule has 6 heteroatoms. The molecule has 2 amide bonds. The Hall–Kier alpha value is -1.98. The summed E-state index contributed by atoms with van der Waals surface area (Å²) >= 11 is 0. The van der Waals surface area contributed by atoms with Crippen molar-refractivity contribution in [3.63, 3.8) is 0 Å². The average Bonchev–Trinajstić information content (AvgIpc) is 3.40. The highest BCUT2D eigenvalue weighted by Gasteiger charge is 2.37. The first-order valence-electron chi connectivity index (χ1n) is 11.1. The monoisotopic (exact) mass is 384 g/mol. The molecule has 4 rings (SSSR count). The van der Waals surface area contributed by atoms with Crippen molar-refractivity contribution in [1.29, 1.82) is 0 Å². The van der Waals surface area contributed by atoms with E-state index in [9.17, 15) is 9.59 Å². The van der Waals surface area contributed by atoms with Crippen LogP contribution < -0.4 is 5.32 Å². The fourth-order valence-electron chi connectivity index (χ4n) is 5.15. The maximum absolute atomic E-state index is 13.1. The molecule has 0 bridgehead atoms. The van der Waals surface area contributed by atoms with Gasteiger partial charge in [-0.3, -0.25) is 9.59 Å². The van der Waals surface area contributed by atoms with Crippen molar-refractivity contribution in [3.05, 3.63) is 23.3 Å². The Kier molecular flexibility index (Phi) is 5.93. The summed E-state index contributed by atoms with van der Waals surface area (Å²) in [6.45, 7) is 2.62. The molecule has 2 heterocycles. The van der Waals surface area contributed by atoms with E-state index < -0.39 is 0 Å². The number of hydrogen-bond acceptors (Lipinski definition) is 4. The highest BCUT2D eigenvalue weighted by molar-refractivity contribution is 5.95. The third-order valence-corrected chi connectivity index (χ3v) is 6.68. The van der Waals surface area contributed by atoms with Crippen molar-refractivity contribution in [2.75, 3.05) is 6.54 Å². The minimum Gasteiger partial charge on any atom is -0.349 e. The normalized spacial score (nSPS) is 23.9. The molecule has 1 aromatic heterocycles. The number of aromatic nitrogens is 2. The summed E-state index contributed by atoms with van der Waals surface area (Å²) in [5.74, 6) is 0.990. The van der Waals surface area contributed by atoms with Gasteiger partial charge in [-0.25, -0.2) is 9.97 Å². The molecule has 1 atom stereocenters. The third kappa shape index (κ3) is 4.06. The smallest absolute Gasteiger partial charge is 0.255 e. The van der Waals surface area contributed by atoms with Gasteiger partial charge >= 0.3 is 0 Å². The molecule has 0 aromatic carbocycles. The summed E-state index contributed by atoms with van der Waals surface area (Å²) in [5.41, 5.74) is 1.29. The standard InChI is InChI=1S/C22H32N4O2/c1-15-23-14-18(21(27)25-17-10-3-2-4-11-17)20(24-15)19-12-7-13-26(19)22(28)16-8-5-6-9-16/h14,16-17,19H,2-13H2,1H3,(H,25,27). The molecule has 3 fully saturated rings. The highest BCUT2D eigenvalue weighted by atomic mass is 16.2. The summed E-state index contributed by atoms with van der Waals surface area (Å²) in [4.78, 5) is 37.1. The summed E-state index contributed by atoms with van der Waals surface area (Å²) in [6.07, 6.45) is 13.5. The number of nitrogens with one attached hydrogen (secondary N) is 1. The molecular weight excluding hydrogens is 352 g/mol. The molecule has 1 saturated heterocycles. The second-order valence-corrected chi connectivity index (χ2v) is 8.70. The highest BCUT2D eigenvalue weighted by Crippen LogP contribution is 2.36. The number of aryl methyl sites for hydroxylation is 1. The largest absolute Gasteiger partial charge is 0.349 e. The lowest BCUT2D eigenvalue weighted by Crippen LogP contribution is -2.39. The van der Waals surface area contributed by atoms with E-state index in [-0.39, 0.29) is 29.8 Å². The van der Waals surface area contributed by atoms with Gasteiger partial charge < -0.3 is 10.2 Å². The van der Waals surface area contributed by atoms with Crippen LogP contribution in [-0.4, -0.2) is 39.3 Å². The van der Waals surface area contributed by atoms with E-state index >= 15 is 0 Å². The topological polar surface area (TPSA) is 75.2 Å². The lowest BCUT2D eigenvalue weighted by Gasteiger charge is -2.29. The Morgan fingerprint density at radius 1 is 1.00 bits per heavy atom. The van der Waals surface area contributed by atoms with Crippen molar-refractivity contribution < 1.29 is 9.59 Å². The SMILES string of the molecule is Cc1ncc(C(=O)NC2CCCCC2)c(C2CCCN2C(=O)C2CCCC2)n1. The van der Waals surface area contributed by atoms with Crippen molar-refractivity contribution >= 4 is 11.8 Å². The number of rotatable bonds is 4. The molecule has 3 aliphatic rings. The van der Waals surface area contributed by atoms with Crippen molar-refractivity contribution in [1.82, 2.24) is 20.2 Å². The van der Waals surface area contributed by atoms with E-state index in [4.69, 9.17) is 0 Å². The molecule has 0 radical (unpaired) electrons. The first kappa shape index (κ1) is 19.3. The fraction of sp³-hybridized carbons (Fsp3) is 0.727. The molecule has 0 spiro atoms. The van der Waals surface area contributed by atoms with Gasteiger partial charge in [-0.2, -0.15) is 0 Å². The summed E-state index contributed by atoms with van der Waals surface area (Å²) in [7, 11) is 0. The van der Waals surface area contributed by atoms with Crippen molar-refractivity contribution in [2.45, 2.75) is 89.6 Å². The van der Waals surface area contributed by atoms with Gasteiger partial charge in [0, 0.05) is 24.7 Å². The molecule has 6 nitrogen and oxygen atoms in total. The van der Waals surface area contributed by atoms with Crippen LogP contribution in [0.5, 0.6) is 0 Å². The number of likely N-dealkylation sites (tertiary alicyclic amines) is 1. The molecule has 1 unspecified atom stereocenters. The molecule has 1 aromatic rings. The van der Waals surface area contributed by atoms with Crippen LogP contribution in [0.4, 0.5) is 0 Å². The number of carbonyl (C=O) groups excluding carboxylic acids is 2. The Labute approximate surface area is 167 Å².